The lowest BCUT2D eigenvalue weighted by Crippen LogP contribution is -2.21. The van der Waals surface area contributed by atoms with E-state index in [0.29, 0.717) is 11.7 Å². The zero-order valence-electron chi connectivity index (χ0n) is 17.7. The molecule has 0 amide bonds. The molecule has 0 aliphatic rings. The van der Waals surface area contributed by atoms with E-state index in [1.165, 1.54) is 5.56 Å². The summed E-state index contributed by atoms with van der Waals surface area (Å²) in [5.41, 5.74) is 5.39. The minimum atomic E-state index is -0.0974. The van der Waals surface area contributed by atoms with Gasteiger partial charge in [0.05, 0.1) is 0 Å². The van der Waals surface area contributed by atoms with Crippen molar-refractivity contribution in [2.24, 2.45) is 11.3 Å². The van der Waals surface area contributed by atoms with Gasteiger partial charge in [-0.1, -0.05) is 66.7 Å². The zero-order valence-corrected chi connectivity index (χ0v) is 17.7. The molecule has 0 saturated heterocycles. The van der Waals surface area contributed by atoms with Crippen LogP contribution in [0.2, 0.25) is 0 Å². The second kappa shape index (κ2) is 7.34. The summed E-state index contributed by atoms with van der Waals surface area (Å²) in [6.07, 6.45) is 0.843. The average Bonchev–Trinajstić information content (AvgIpc) is 2.52. The molecule has 0 aliphatic carbocycles. The predicted octanol–water partition coefficient (Wildman–Crippen LogP) is 6.97. The van der Waals surface area contributed by atoms with Gasteiger partial charge >= 0.3 is 0 Å². The van der Waals surface area contributed by atoms with Crippen LogP contribution in [0.15, 0.2) is 36.4 Å². The molecule has 0 radical (unpaired) electrons. The Morgan fingerprint density at radius 1 is 1.00 bits per heavy atom. The van der Waals surface area contributed by atoms with Gasteiger partial charge in [0.1, 0.15) is 5.75 Å². The van der Waals surface area contributed by atoms with E-state index >= 15 is 0 Å². The Bertz CT molecular complexity index is 749. The van der Waals surface area contributed by atoms with Crippen molar-refractivity contribution in [3.05, 3.63) is 53.1 Å². The normalized spacial score (nSPS) is 13.5. The summed E-state index contributed by atoms with van der Waals surface area (Å²) < 4.78 is 0. The molecule has 26 heavy (non-hydrogen) atoms. The molecule has 2 nitrogen and oxygen atoms in total. The van der Waals surface area contributed by atoms with Crippen LogP contribution >= 0.6 is 0 Å². The molecule has 2 aromatic carbocycles. The van der Waals surface area contributed by atoms with E-state index in [1.807, 2.05) is 18.2 Å². The third-order valence-electron chi connectivity index (χ3n) is 5.44. The Labute approximate surface area is 159 Å². The van der Waals surface area contributed by atoms with E-state index in [4.69, 9.17) is 0 Å². The van der Waals surface area contributed by atoms with Crippen molar-refractivity contribution < 1.29 is 5.11 Å². The molecule has 0 heterocycles. The predicted molar refractivity (Wildman–Crippen MR) is 114 cm³/mol. The Morgan fingerprint density at radius 3 is 2.08 bits per heavy atom. The van der Waals surface area contributed by atoms with Gasteiger partial charge in [-0.05, 0) is 59.4 Å². The van der Waals surface area contributed by atoms with Crippen LogP contribution in [0.25, 0.3) is 0 Å². The van der Waals surface area contributed by atoms with Gasteiger partial charge in [0.15, 0.2) is 0 Å². The maximum absolute atomic E-state index is 11.2. The number of nitrogens with one attached hydrogen (secondary N) is 1. The molecule has 0 saturated carbocycles. The zero-order chi connectivity index (χ0) is 19.7. The Hall–Kier alpha value is -1.96. The highest BCUT2D eigenvalue weighted by molar-refractivity contribution is 5.71. The molecule has 2 aromatic rings. The van der Waals surface area contributed by atoms with Crippen LogP contribution < -0.4 is 5.32 Å². The number of anilines is 2. The fourth-order valence-corrected chi connectivity index (χ4v) is 3.10. The van der Waals surface area contributed by atoms with Crippen molar-refractivity contribution in [2.45, 2.75) is 67.2 Å². The van der Waals surface area contributed by atoms with Gasteiger partial charge in [-0.3, -0.25) is 0 Å². The number of benzene rings is 2. The number of aromatic hydroxyl groups is 1. The van der Waals surface area contributed by atoms with E-state index < -0.39 is 0 Å². The van der Waals surface area contributed by atoms with Gasteiger partial charge in [-0.25, -0.2) is 0 Å². The topological polar surface area (TPSA) is 32.3 Å². The lowest BCUT2D eigenvalue weighted by Gasteiger charge is -2.31. The summed E-state index contributed by atoms with van der Waals surface area (Å²) in [5.74, 6) is 0.886. The fourth-order valence-electron chi connectivity index (χ4n) is 3.10. The van der Waals surface area contributed by atoms with Crippen LogP contribution in [0.3, 0.4) is 0 Å². The van der Waals surface area contributed by atoms with Gasteiger partial charge in [-0.15, -0.1) is 0 Å². The summed E-state index contributed by atoms with van der Waals surface area (Å²) in [4.78, 5) is 0. The molecule has 0 spiro atoms. The lowest BCUT2D eigenvalue weighted by molar-refractivity contribution is 0.258. The van der Waals surface area contributed by atoms with Gasteiger partial charge in [0.25, 0.3) is 0 Å². The molecule has 1 unspecified atom stereocenters. The highest BCUT2D eigenvalue weighted by atomic mass is 16.3. The van der Waals surface area contributed by atoms with E-state index in [1.54, 1.807) is 0 Å². The van der Waals surface area contributed by atoms with Crippen molar-refractivity contribution in [2.75, 3.05) is 5.32 Å². The first kappa shape index (κ1) is 20.4. The number of phenolic OH excluding ortho intramolecular Hbond substituents is 1. The van der Waals surface area contributed by atoms with Crippen molar-refractivity contribution in [1.82, 2.24) is 0 Å². The smallest absolute Gasteiger partial charge is 0.124 e. The summed E-state index contributed by atoms with van der Waals surface area (Å²) in [6, 6.07) is 12.3. The van der Waals surface area contributed by atoms with Crippen LogP contribution in [0, 0.1) is 18.3 Å². The maximum atomic E-state index is 11.2. The second-order valence-electron chi connectivity index (χ2n) is 9.66. The molecule has 142 valence electrons. The van der Waals surface area contributed by atoms with Gasteiger partial charge in [0, 0.05) is 16.9 Å². The number of rotatable bonds is 4. The standard InChI is InChI=1S/C24H35NO/c1-16-14-20(24(6,7)8)22(26)19(15-17(2)23(3,4)5)21(16)25-18-12-10-9-11-13-18/h9-14,17,25-26H,15H2,1-8H3. The number of phenols is 1. The molecular formula is C24H35NO. The minimum absolute atomic E-state index is 0.0974. The molecule has 2 N–H and O–H groups in total. The van der Waals surface area contributed by atoms with Crippen LogP contribution in [-0.2, 0) is 11.8 Å². The first-order valence-electron chi connectivity index (χ1n) is 9.59. The van der Waals surface area contributed by atoms with Crippen molar-refractivity contribution in [3.8, 4) is 5.75 Å². The Balaban J connectivity index is 2.60. The summed E-state index contributed by atoms with van der Waals surface area (Å²) in [5, 5.41) is 14.7. The fraction of sp³-hybridized carbons (Fsp3) is 0.500. The highest BCUT2D eigenvalue weighted by Gasteiger charge is 2.27. The van der Waals surface area contributed by atoms with Crippen molar-refractivity contribution in [1.29, 1.82) is 0 Å². The Kier molecular flexibility index (Phi) is 5.75. The van der Waals surface area contributed by atoms with E-state index in [2.05, 4.69) is 78.9 Å². The molecular weight excluding hydrogens is 318 g/mol. The lowest BCUT2D eigenvalue weighted by atomic mass is 9.76. The molecule has 2 rings (SSSR count). The van der Waals surface area contributed by atoms with Crippen molar-refractivity contribution in [3.63, 3.8) is 0 Å². The van der Waals surface area contributed by atoms with Gasteiger partial charge in [0.2, 0.25) is 0 Å². The largest absolute Gasteiger partial charge is 0.507 e. The molecule has 0 fully saturated rings. The summed E-state index contributed by atoms with van der Waals surface area (Å²) >= 11 is 0. The molecule has 0 aromatic heterocycles. The first-order valence-corrected chi connectivity index (χ1v) is 9.59. The molecule has 2 heteroatoms. The maximum Gasteiger partial charge on any atom is 0.124 e. The summed E-state index contributed by atoms with van der Waals surface area (Å²) in [7, 11) is 0. The number of para-hydroxylation sites is 1. The minimum Gasteiger partial charge on any atom is -0.507 e. The number of hydrogen-bond donors (Lipinski definition) is 2. The quantitative estimate of drug-likeness (QED) is 0.622. The molecule has 1 atom stereocenters. The van der Waals surface area contributed by atoms with Gasteiger partial charge < -0.3 is 10.4 Å². The number of aryl methyl sites for hydroxylation is 1. The molecule has 0 aliphatic heterocycles. The Morgan fingerprint density at radius 2 is 1.58 bits per heavy atom. The van der Waals surface area contributed by atoms with E-state index in [0.717, 1.165) is 28.9 Å². The third-order valence-corrected chi connectivity index (χ3v) is 5.44. The van der Waals surface area contributed by atoms with E-state index in [-0.39, 0.29) is 10.8 Å². The van der Waals surface area contributed by atoms with Crippen LogP contribution in [0.1, 0.15) is 65.2 Å². The number of hydrogen-bond acceptors (Lipinski definition) is 2. The van der Waals surface area contributed by atoms with Crippen LogP contribution in [0.5, 0.6) is 5.75 Å². The first-order chi connectivity index (χ1) is 11.9. The third kappa shape index (κ3) is 4.60. The van der Waals surface area contributed by atoms with Crippen molar-refractivity contribution >= 4 is 11.4 Å². The van der Waals surface area contributed by atoms with Crippen LogP contribution in [-0.4, -0.2) is 5.11 Å². The second-order valence-corrected chi connectivity index (χ2v) is 9.66. The summed E-state index contributed by atoms with van der Waals surface area (Å²) in [6.45, 7) is 17.7. The average molecular weight is 354 g/mol. The van der Waals surface area contributed by atoms with E-state index in [9.17, 15) is 5.11 Å². The molecule has 0 bridgehead atoms. The van der Waals surface area contributed by atoms with Gasteiger partial charge in [-0.2, -0.15) is 0 Å². The monoisotopic (exact) mass is 353 g/mol. The SMILES string of the molecule is Cc1cc(C(C)(C)C)c(O)c(CC(C)C(C)(C)C)c1Nc1ccccc1. The highest BCUT2D eigenvalue weighted by Crippen LogP contribution is 2.43. The van der Waals surface area contributed by atoms with Crippen LogP contribution in [0.4, 0.5) is 11.4 Å².